The number of amides is 1. The molecule has 0 bridgehead atoms. The molecule has 0 fully saturated rings. The third kappa shape index (κ3) is 5.88. The number of aliphatic imine (C=N–C) groups is 1. The van der Waals surface area contributed by atoms with Crippen LogP contribution >= 0.6 is 23.1 Å². The maximum Gasteiger partial charge on any atom is 0.255 e. The molecule has 3 aromatic rings. The summed E-state index contributed by atoms with van der Waals surface area (Å²) < 4.78 is 13.8. The van der Waals surface area contributed by atoms with Gasteiger partial charge in [-0.25, -0.2) is 4.39 Å². The van der Waals surface area contributed by atoms with Gasteiger partial charge in [0, 0.05) is 16.2 Å². The normalized spacial score (nSPS) is 18.1. The Labute approximate surface area is 219 Å². The molecule has 8 heteroatoms. The Balaban J connectivity index is 0.00000148. The van der Waals surface area contributed by atoms with Crippen LogP contribution in [0.2, 0.25) is 0 Å². The van der Waals surface area contributed by atoms with Crippen LogP contribution in [0.15, 0.2) is 88.5 Å². The summed E-state index contributed by atoms with van der Waals surface area (Å²) in [6, 6.07) is 17.0. The molecule has 2 heterocycles. The van der Waals surface area contributed by atoms with Gasteiger partial charge in [-0.3, -0.25) is 9.79 Å². The van der Waals surface area contributed by atoms with E-state index in [0.717, 1.165) is 21.2 Å². The third-order valence-electron chi connectivity index (χ3n) is 5.75. The number of nitrogens with two attached hydrogens (primary N) is 1. The Hall–Kier alpha value is -3.36. The van der Waals surface area contributed by atoms with E-state index in [1.54, 1.807) is 48.2 Å². The summed E-state index contributed by atoms with van der Waals surface area (Å²) in [5, 5.41) is 9.08. The average Bonchev–Trinajstić information content (AvgIpc) is 3.56. The topological polar surface area (TPSA) is 79.5 Å². The Morgan fingerprint density at radius 1 is 1.17 bits per heavy atom. The van der Waals surface area contributed by atoms with Crippen LogP contribution in [-0.4, -0.2) is 23.2 Å². The van der Waals surface area contributed by atoms with Gasteiger partial charge < -0.3 is 16.4 Å². The Bertz CT molecular complexity index is 1310. The molecule has 4 N–H and O–H groups in total. The number of thiophene rings is 1. The number of nitrogens with zero attached hydrogens (tertiary/aromatic N) is 1. The fourth-order valence-electron chi connectivity index (χ4n) is 3.83. The van der Waals surface area contributed by atoms with Gasteiger partial charge in [-0.15, -0.1) is 11.3 Å². The zero-order valence-electron chi connectivity index (χ0n) is 20.4. The van der Waals surface area contributed by atoms with Crippen molar-refractivity contribution in [3.05, 3.63) is 94.7 Å². The van der Waals surface area contributed by atoms with Gasteiger partial charge in [0.1, 0.15) is 5.83 Å². The number of benzene rings is 2. The number of fused-ring (bicyclic) bond motifs is 1. The van der Waals surface area contributed by atoms with E-state index in [9.17, 15) is 9.18 Å². The highest BCUT2D eigenvalue weighted by atomic mass is 32.2. The predicted molar refractivity (Wildman–Crippen MR) is 152 cm³/mol. The van der Waals surface area contributed by atoms with E-state index >= 15 is 0 Å². The molecule has 0 radical (unpaired) electrons. The number of hydrogen-bond acceptors (Lipinski definition) is 6. The molecule has 2 atom stereocenters. The van der Waals surface area contributed by atoms with Gasteiger partial charge >= 0.3 is 0 Å². The number of halogens is 1. The SMILES string of the molecule is CC.CC1=CC2NC(SCc3ccc(C(=O)Nc4cc(-c5cccs5)ccc4N)cc3)=NC2C=C1F. The van der Waals surface area contributed by atoms with E-state index in [1.807, 2.05) is 67.8 Å². The first-order valence-electron chi connectivity index (χ1n) is 11.8. The smallest absolute Gasteiger partial charge is 0.255 e. The standard InChI is InChI=1S/C26H23FN4OS2.C2H6/c1-15-11-22-23(13-19(15)27)31-26(30-22)34-14-16-4-6-17(7-5-16)25(32)29-21-12-18(8-9-20(21)28)24-3-2-10-33-24;1-2/h2-13,22-23H,14,28H2,1H3,(H,29,32)(H,30,31);1-2H3. The zero-order chi connectivity index (χ0) is 25.7. The van der Waals surface area contributed by atoms with Crippen LogP contribution in [0.3, 0.4) is 0 Å². The molecule has 5 rings (SSSR count). The molecule has 2 aliphatic rings. The van der Waals surface area contributed by atoms with Crippen LogP contribution in [0.5, 0.6) is 0 Å². The molecule has 36 heavy (non-hydrogen) atoms. The van der Waals surface area contributed by atoms with Crippen molar-refractivity contribution in [2.45, 2.75) is 38.6 Å². The predicted octanol–water partition coefficient (Wildman–Crippen LogP) is 7.02. The summed E-state index contributed by atoms with van der Waals surface area (Å²) in [5.41, 5.74) is 10.5. The van der Waals surface area contributed by atoms with E-state index in [1.165, 1.54) is 0 Å². The second-order valence-corrected chi connectivity index (χ2v) is 10.1. The maximum atomic E-state index is 13.8. The van der Waals surface area contributed by atoms with E-state index in [-0.39, 0.29) is 23.8 Å². The number of anilines is 2. The molecule has 5 nitrogen and oxygen atoms in total. The summed E-state index contributed by atoms with van der Waals surface area (Å²) in [6.45, 7) is 5.77. The summed E-state index contributed by atoms with van der Waals surface area (Å²) in [7, 11) is 0. The minimum absolute atomic E-state index is 0.0128. The van der Waals surface area contributed by atoms with E-state index in [2.05, 4.69) is 15.6 Å². The second-order valence-electron chi connectivity index (χ2n) is 8.18. The van der Waals surface area contributed by atoms with Crippen LogP contribution < -0.4 is 16.4 Å². The Morgan fingerprint density at radius 2 is 1.94 bits per heavy atom. The number of nitrogen functional groups attached to an aromatic ring is 1. The van der Waals surface area contributed by atoms with Gasteiger partial charge in [-0.2, -0.15) is 0 Å². The molecule has 0 saturated carbocycles. The number of nitrogens with one attached hydrogen (secondary N) is 2. The second kappa shape index (κ2) is 11.6. The number of allylic oxidation sites excluding steroid dienone is 2. The van der Waals surface area contributed by atoms with Gasteiger partial charge in [0.2, 0.25) is 0 Å². The number of rotatable bonds is 5. The van der Waals surface area contributed by atoms with Crippen molar-refractivity contribution in [1.82, 2.24) is 5.32 Å². The molecular formula is C28H29FN4OS2. The Kier molecular flexibility index (Phi) is 8.28. The van der Waals surface area contributed by atoms with Gasteiger partial charge in [0.15, 0.2) is 5.17 Å². The quantitative estimate of drug-likeness (QED) is 0.316. The minimum atomic E-state index is -0.212. The molecule has 186 valence electrons. The van der Waals surface area contributed by atoms with Gasteiger partial charge in [0.25, 0.3) is 5.91 Å². The largest absolute Gasteiger partial charge is 0.397 e. The van der Waals surface area contributed by atoms with Gasteiger partial charge in [-0.05, 0) is 65.4 Å². The Morgan fingerprint density at radius 3 is 2.67 bits per heavy atom. The van der Waals surface area contributed by atoms with E-state index in [0.29, 0.717) is 28.3 Å². The molecule has 1 amide bonds. The third-order valence-corrected chi connectivity index (χ3v) is 7.64. The summed E-state index contributed by atoms with van der Waals surface area (Å²) in [4.78, 5) is 18.5. The van der Waals surface area contributed by atoms with Crippen molar-refractivity contribution in [3.63, 3.8) is 0 Å². The van der Waals surface area contributed by atoms with Gasteiger partial charge in [0.05, 0.1) is 23.5 Å². The lowest BCUT2D eigenvalue weighted by Crippen LogP contribution is -2.33. The minimum Gasteiger partial charge on any atom is -0.397 e. The molecule has 0 saturated heterocycles. The number of thioether (sulfide) groups is 1. The molecule has 0 spiro atoms. The maximum absolute atomic E-state index is 13.8. The van der Waals surface area contributed by atoms with Crippen molar-refractivity contribution in [1.29, 1.82) is 0 Å². The average molecular weight is 521 g/mol. The highest BCUT2D eigenvalue weighted by molar-refractivity contribution is 8.13. The van der Waals surface area contributed by atoms with Crippen LogP contribution in [0.4, 0.5) is 15.8 Å². The highest BCUT2D eigenvalue weighted by Crippen LogP contribution is 2.31. The monoisotopic (exact) mass is 520 g/mol. The summed E-state index contributed by atoms with van der Waals surface area (Å²) in [5.74, 6) is 0.278. The van der Waals surface area contributed by atoms with Gasteiger partial charge in [-0.1, -0.05) is 56.0 Å². The molecule has 1 aromatic heterocycles. The lowest BCUT2D eigenvalue weighted by molar-refractivity contribution is 0.102. The van der Waals surface area contributed by atoms with Crippen molar-refractivity contribution >= 4 is 45.5 Å². The molecule has 2 unspecified atom stereocenters. The van der Waals surface area contributed by atoms with E-state index < -0.39 is 0 Å². The van der Waals surface area contributed by atoms with Crippen LogP contribution in [-0.2, 0) is 5.75 Å². The zero-order valence-corrected chi connectivity index (χ0v) is 22.1. The van der Waals surface area contributed by atoms with Crippen molar-refractivity contribution in [2.75, 3.05) is 11.1 Å². The molecule has 1 aliphatic heterocycles. The number of amidine groups is 1. The molecule has 2 aromatic carbocycles. The molecular weight excluding hydrogens is 491 g/mol. The lowest BCUT2D eigenvalue weighted by atomic mass is 9.99. The number of hydrogen-bond donors (Lipinski definition) is 3. The number of carbonyl (C=O) groups excluding carboxylic acids is 1. The van der Waals surface area contributed by atoms with Crippen molar-refractivity contribution < 1.29 is 9.18 Å². The first-order valence-corrected chi connectivity index (χ1v) is 13.7. The van der Waals surface area contributed by atoms with Crippen molar-refractivity contribution in [2.24, 2.45) is 4.99 Å². The van der Waals surface area contributed by atoms with Crippen molar-refractivity contribution in [3.8, 4) is 10.4 Å². The number of carbonyl (C=O) groups is 1. The summed E-state index contributed by atoms with van der Waals surface area (Å²) in [6.07, 6.45) is 3.45. The van der Waals surface area contributed by atoms with Crippen LogP contribution in [0.25, 0.3) is 10.4 Å². The van der Waals surface area contributed by atoms with Crippen LogP contribution in [0.1, 0.15) is 36.7 Å². The fourth-order valence-corrected chi connectivity index (χ4v) is 5.47. The molecule has 1 aliphatic carbocycles. The lowest BCUT2D eigenvalue weighted by Gasteiger charge is -2.17. The van der Waals surface area contributed by atoms with Crippen LogP contribution in [0, 0.1) is 0 Å². The summed E-state index contributed by atoms with van der Waals surface area (Å²) >= 11 is 3.20. The highest BCUT2D eigenvalue weighted by Gasteiger charge is 2.29. The fraction of sp³-hybridized carbons (Fsp3) is 0.214. The first kappa shape index (κ1) is 25.7. The first-order chi connectivity index (χ1) is 17.5. The van der Waals surface area contributed by atoms with E-state index in [4.69, 9.17) is 5.73 Å².